The van der Waals surface area contributed by atoms with Crippen molar-refractivity contribution in [1.82, 2.24) is 0 Å². The second kappa shape index (κ2) is 4.04. The highest BCUT2D eigenvalue weighted by Crippen LogP contribution is 2.43. The average molecular weight is 263 g/mol. The summed E-state index contributed by atoms with van der Waals surface area (Å²) < 4.78 is 0. The number of rotatable bonds is 1. The third kappa shape index (κ3) is 1.59. The summed E-state index contributed by atoms with van der Waals surface area (Å²) in [5, 5.41) is 1.75. The van der Waals surface area contributed by atoms with Crippen LogP contribution in [0.2, 0.25) is 10.0 Å². The van der Waals surface area contributed by atoms with Crippen molar-refractivity contribution in [2.45, 2.75) is 19.8 Å². The Hall–Kier alpha value is -0.980. The standard InChI is InChI=1S/C15H12Cl2/c1-2-9-6-7-11-10-4-3-5-14(16)12(10)8-13(11)15(9)17/h3-7H,2,8H2,1H3. The Bertz CT molecular complexity index is 600. The van der Waals surface area contributed by atoms with Gasteiger partial charge in [0.05, 0.1) is 0 Å². The summed E-state index contributed by atoms with van der Waals surface area (Å²) >= 11 is 12.7. The monoisotopic (exact) mass is 262 g/mol. The molecule has 0 aliphatic heterocycles. The zero-order valence-electron chi connectivity index (χ0n) is 9.56. The molecule has 0 saturated heterocycles. The fraction of sp³-hybridized carbons (Fsp3) is 0.200. The van der Waals surface area contributed by atoms with Crippen molar-refractivity contribution in [2.75, 3.05) is 0 Å². The molecule has 0 heterocycles. The lowest BCUT2D eigenvalue weighted by Crippen LogP contribution is -1.89. The van der Waals surface area contributed by atoms with Crippen LogP contribution in [-0.2, 0) is 12.8 Å². The van der Waals surface area contributed by atoms with Crippen LogP contribution in [0.1, 0.15) is 23.6 Å². The molecular formula is C15H12Cl2. The number of hydrogen-bond acceptors (Lipinski definition) is 0. The van der Waals surface area contributed by atoms with Crippen LogP contribution in [0, 0.1) is 0 Å². The number of benzene rings is 2. The van der Waals surface area contributed by atoms with Crippen LogP contribution < -0.4 is 0 Å². The lowest BCUT2D eigenvalue weighted by atomic mass is 10.0. The van der Waals surface area contributed by atoms with E-state index >= 15 is 0 Å². The molecule has 2 aromatic rings. The van der Waals surface area contributed by atoms with Crippen LogP contribution >= 0.6 is 23.2 Å². The molecule has 17 heavy (non-hydrogen) atoms. The van der Waals surface area contributed by atoms with Crippen LogP contribution in [0.4, 0.5) is 0 Å². The van der Waals surface area contributed by atoms with Crippen LogP contribution in [0.3, 0.4) is 0 Å². The van der Waals surface area contributed by atoms with E-state index in [2.05, 4.69) is 25.1 Å². The summed E-state index contributed by atoms with van der Waals surface area (Å²) in [6, 6.07) is 10.4. The fourth-order valence-electron chi connectivity index (χ4n) is 2.54. The van der Waals surface area contributed by atoms with Crippen molar-refractivity contribution in [3.05, 3.63) is 57.1 Å². The second-order valence-electron chi connectivity index (χ2n) is 4.36. The van der Waals surface area contributed by atoms with Crippen LogP contribution in [0.25, 0.3) is 11.1 Å². The fourth-order valence-corrected chi connectivity index (χ4v) is 3.14. The van der Waals surface area contributed by atoms with E-state index in [4.69, 9.17) is 23.2 Å². The van der Waals surface area contributed by atoms with Gasteiger partial charge in [-0.05, 0) is 40.3 Å². The van der Waals surface area contributed by atoms with Crippen molar-refractivity contribution < 1.29 is 0 Å². The molecule has 1 aliphatic carbocycles. The summed E-state index contributed by atoms with van der Waals surface area (Å²) in [7, 11) is 0. The molecule has 3 rings (SSSR count). The van der Waals surface area contributed by atoms with Crippen LogP contribution in [-0.4, -0.2) is 0 Å². The first-order valence-electron chi connectivity index (χ1n) is 5.80. The van der Waals surface area contributed by atoms with Crippen LogP contribution in [0.15, 0.2) is 30.3 Å². The van der Waals surface area contributed by atoms with E-state index in [9.17, 15) is 0 Å². The Morgan fingerprint density at radius 1 is 1.00 bits per heavy atom. The molecule has 0 amide bonds. The van der Waals surface area contributed by atoms with E-state index in [1.807, 2.05) is 12.1 Å². The quantitative estimate of drug-likeness (QED) is 0.571. The first kappa shape index (κ1) is 11.1. The summed E-state index contributed by atoms with van der Waals surface area (Å²) in [6.45, 7) is 2.13. The summed E-state index contributed by atoms with van der Waals surface area (Å²) in [5.74, 6) is 0. The molecule has 0 saturated carbocycles. The first-order valence-corrected chi connectivity index (χ1v) is 6.56. The van der Waals surface area contributed by atoms with Crippen molar-refractivity contribution in [3.63, 3.8) is 0 Å². The summed E-state index contributed by atoms with van der Waals surface area (Å²) in [6.07, 6.45) is 1.83. The Labute approximate surface area is 111 Å². The number of aryl methyl sites for hydroxylation is 1. The maximum Gasteiger partial charge on any atom is 0.0479 e. The number of fused-ring (bicyclic) bond motifs is 3. The number of hydrogen-bond donors (Lipinski definition) is 0. The molecule has 0 atom stereocenters. The van der Waals surface area contributed by atoms with E-state index in [1.54, 1.807) is 0 Å². The molecule has 0 bridgehead atoms. The Kier molecular flexibility index (Phi) is 2.65. The van der Waals surface area contributed by atoms with Gasteiger partial charge >= 0.3 is 0 Å². The van der Waals surface area contributed by atoms with E-state index in [-0.39, 0.29) is 0 Å². The van der Waals surface area contributed by atoms with Gasteiger partial charge in [0.1, 0.15) is 0 Å². The molecule has 1 aliphatic rings. The first-order chi connectivity index (χ1) is 8.22. The molecule has 0 nitrogen and oxygen atoms in total. The molecule has 86 valence electrons. The molecule has 2 aromatic carbocycles. The molecule has 0 unspecified atom stereocenters. The zero-order chi connectivity index (χ0) is 12.0. The maximum absolute atomic E-state index is 6.45. The molecule has 0 aromatic heterocycles. The normalized spacial score (nSPS) is 12.4. The topological polar surface area (TPSA) is 0 Å². The van der Waals surface area contributed by atoms with Crippen molar-refractivity contribution in [3.8, 4) is 11.1 Å². The summed E-state index contributed by atoms with van der Waals surface area (Å²) in [5.41, 5.74) is 6.13. The predicted molar refractivity (Wildman–Crippen MR) is 74.1 cm³/mol. The summed E-state index contributed by atoms with van der Waals surface area (Å²) in [4.78, 5) is 0. The van der Waals surface area contributed by atoms with Gasteiger partial charge in [0.25, 0.3) is 0 Å². The highest BCUT2D eigenvalue weighted by Gasteiger charge is 2.23. The van der Waals surface area contributed by atoms with Gasteiger partial charge in [-0.2, -0.15) is 0 Å². The minimum absolute atomic E-state index is 0.841. The predicted octanol–water partition coefficient (Wildman–Crippen LogP) is 5.13. The smallest absolute Gasteiger partial charge is 0.0479 e. The molecule has 0 radical (unpaired) electrons. The van der Waals surface area contributed by atoms with Gasteiger partial charge in [0.2, 0.25) is 0 Å². The van der Waals surface area contributed by atoms with Gasteiger partial charge in [0.15, 0.2) is 0 Å². The van der Waals surface area contributed by atoms with Gasteiger partial charge in [-0.25, -0.2) is 0 Å². The highest BCUT2D eigenvalue weighted by atomic mass is 35.5. The maximum atomic E-state index is 6.45. The minimum Gasteiger partial charge on any atom is -0.0840 e. The van der Waals surface area contributed by atoms with Crippen molar-refractivity contribution >= 4 is 23.2 Å². The Balaban J connectivity index is 2.26. The second-order valence-corrected chi connectivity index (χ2v) is 5.15. The third-order valence-electron chi connectivity index (χ3n) is 3.47. The van der Waals surface area contributed by atoms with Gasteiger partial charge in [-0.3, -0.25) is 0 Å². The molecule has 0 fully saturated rings. The zero-order valence-corrected chi connectivity index (χ0v) is 11.1. The van der Waals surface area contributed by atoms with Gasteiger partial charge < -0.3 is 0 Å². The van der Waals surface area contributed by atoms with E-state index in [0.717, 1.165) is 22.9 Å². The highest BCUT2D eigenvalue weighted by molar-refractivity contribution is 6.34. The van der Waals surface area contributed by atoms with Crippen molar-refractivity contribution in [2.24, 2.45) is 0 Å². The van der Waals surface area contributed by atoms with Crippen LogP contribution in [0.5, 0.6) is 0 Å². The largest absolute Gasteiger partial charge is 0.0840 e. The van der Waals surface area contributed by atoms with Gasteiger partial charge in [-0.15, -0.1) is 0 Å². The molecule has 0 N–H and O–H groups in total. The molecule has 0 spiro atoms. The van der Waals surface area contributed by atoms with E-state index in [0.29, 0.717) is 0 Å². The van der Waals surface area contributed by atoms with E-state index < -0.39 is 0 Å². The Morgan fingerprint density at radius 2 is 1.76 bits per heavy atom. The lowest BCUT2D eigenvalue weighted by Gasteiger charge is -2.07. The molecular weight excluding hydrogens is 251 g/mol. The lowest BCUT2D eigenvalue weighted by molar-refractivity contribution is 1.12. The minimum atomic E-state index is 0.841. The van der Waals surface area contributed by atoms with Gasteiger partial charge in [0, 0.05) is 16.5 Å². The number of halogens is 2. The van der Waals surface area contributed by atoms with Crippen molar-refractivity contribution in [1.29, 1.82) is 0 Å². The SMILES string of the molecule is CCc1ccc2c(c1Cl)Cc1c(Cl)cccc1-2. The van der Waals surface area contributed by atoms with E-state index in [1.165, 1.54) is 27.8 Å². The van der Waals surface area contributed by atoms with Gasteiger partial charge in [-0.1, -0.05) is 54.4 Å². The Morgan fingerprint density at radius 3 is 2.53 bits per heavy atom. The molecule has 2 heteroatoms. The average Bonchev–Trinajstić information content (AvgIpc) is 2.71. The third-order valence-corrected chi connectivity index (χ3v) is 4.29.